The van der Waals surface area contributed by atoms with E-state index in [-0.39, 0.29) is 17.7 Å². The number of anilines is 3. The van der Waals surface area contributed by atoms with Crippen molar-refractivity contribution in [1.29, 1.82) is 0 Å². The second-order valence-electron chi connectivity index (χ2n) is 6.77. The van der Waals surface area contributed by atoms with Crippen molar-refractivity contribution in [3.63, 3.8) is 0 Å². The van der Waals surface area contributed by atoms with Gasteiger partial charge in [0.1, 0.15) is 17.5 Å². The van der Waals surface area contributed by atoms with E-state index in [0.717, 1.165) is 18.5 Å². The molecule has 3 N–H and O–H groups in total. The number of carbonyl (C=O) groups is 2. The van der Waals surface area contributed by atoms with Gasteiger partial charge in [-0.1, -0.05) is 6.07 Å². The highest BCUT2D eigenvalue weighted by Gasteiger charge is 2.29. The van der Waals surface area contributed by atoms with Crippen LogP contribution in [0.3, 0.4) is 0 Å². The maximum absolute atomic E-state index is 12.6. The molecule has 1 atom stereocenters. The Kier molecular flexibility index (Phi) is 6.03. The molecule has 2 aromatic rings. The number of rotatable bonds is 8. The Balaban J connectivity index is 1.63. The summed E-state index contributed by atoms with van der Waals surface area (Å²) in [5.74, 6) is 1.13. The summed E-state index contributed by atoms with van der Waals surface area (Å²) < 4.78 is 10.5. The van der Waals surface area contributed by atoms with Crippen molar-refractivity contribution in [2.45, 2.75) is 25.8 Å². The van der Waals surface area contributed by atoms with E-state index in [1.54, 1.807) is 39.3 Å². The predicted molar refractivity (Wildman–Crippen MR) is 109 cm³/mol. The summed E-state index contributed by atoms with van der Waals surface area (Å²) in [6, 6.07) is 12.0. The van der Waals surface area contributed by atoms with Gasteiger partial charge in [-0.3, -0.25) is 9.59 Å². The van der Waals surface area contributed by atoms with Crippen LogP contribution in [-0.4, -0.2) is 32.1 Å². The van der Waals surface area contributed by atoms with Gasteiger partial charge in [0.25, 0.3) is 0 Å². The van der Waals surface area contributed by atoms with Crippen molar-refractivity contribution in [3.8, 4) is 11.5 Å². The fourth-order valence-corrected chi connectivity index (χ4v) is 2.74. The second-order valence-corrected chi connectivity index (χ2v) is 6.77. The highest BCUT2D eigenvalue weighted by Crippen LogP contribution is 2.31. The van der Waals surface area contributed by atoms with E-state index in [4.69, 9.17) is 9.47 Å². The fraction of sp³-hybridized carbons (Fsp3) is 0.333. The first-order chi connectivity index (χ1) is 13.5. The highest BCUT2D eigenvalue weighted by atomic mass is 16.5. The van der Waals surface area contributed by atoms with Crippen LogP contribution >= 0.6 is 0 Å². The summed E-state index contributed by atoms with van der Waals surface area (Å²) in [5.41, 5.74) is 1.99. The molecule has 148 valence electrons. The van der Waals surface area contributed by atoms with Crippen molar-refractivity contribution >= 4 is 28.9 Å². The third kappa shape index (κ3) is 4.94. The molecule has 1 aliphatic carbocycles. The topological polar surface area (TPSA) is 88.7 Å². The lowest BCUT2D eigenvalue weighted by molar-refractivity contribution is -0.117. The summed E-state index contributed by atoms with van der Waals surface area (Å²) in [6.45, 7) is 1.76. The van der Waals surface area contributed by atoms with Crippen LogP contribution in [0.5, 0.6) is 11.5 Å². The van der Waals surface area contributed by atoms with E-state index in [1.165, 1.54) is 0 Å². The summed E-state index contributed by atoms with van der Waals surface area (Å²) in [6.07, 6.45) is 1.91. The molecular formula is C21H25N3O4. The molecule has 0 spiro atoms. The van der Waals surface area contributed by atoms with E-state index < -0.39 is 6.04 Å². The molecule has 0 aromatic heterocycles. The average molecular weight is 383 g/mol. The summed E-state index contributed by atoms with van der Waals surface area (Å²) in [7, 11) is 3.10. The Morgan fingerprint density at radius 1 is 1.00 bits per heavy atom. The summed E-state index contributed by atoms with van der Waals surface area (Å²) in [4.78, 5) is 24.5. The van der Waals surface area contributed by atoms with E-state index in [0.29, 0.717) is 22.9 Å². The number of carbonyl (C=O) groups excluding carboxylic acids is 2. The Bertz CT molecular complexity index is 864. The molecule has 0 aliphatic heterocycles. The minimum atomic E-state index is -0.509. The van der Waals surface area contributed by atoms with Gasteiger partial charge in [-0.05, 0) is 50.1 Å². The zero-order chi connectivity index (χ0) is 20.1. The van der Waals surface area contributed by atoms with Gasteiger partial charge in [0.15, 0.2) is 0 Å². The van der Waals surface area contributed by atoms with Crippen LogP contribution in [-0.2, 0) is 9.59 Å². The summed E-state index contributed by atoms with van der Waals surface area (Å²) >= 11 is 0. The van der Waals surface area contributed by atoms with Gasteiger partial charge in [-0.25, -0.2) is 0 Å². The normalized spacial score (nSPS) is 14.0. The van der Waals surface area contributed by atoms with Gasteiger partial charge in [-0.15, -0.1) is 0 Å². The first kappa shape index (κ1) is 19.5. The fourth-order valence-electron chi connectivity index (χ4n) is 2.74. The molecule has 1 saturated carbocycles. The number of nitrogens with one attached hydrogen (secondary N) is 3. The van der Waals surface area contributed by atoms with Crippen molar-refractivity contribution in [1.82, 2.24) is 0 Å². The van der Waals surface area contributed by atoms with Crippen LogP contribution in [0.25, 0.3) is 0 Å². The Morgan fingerprint density at radius 3 is 2.43 bits per heavy atom. The third-order valence-corrected chi connectivity index (χ3v) is 4.52. The second kappa shape index (κ2) is 8.65. The maximum Gasteiger partial charge on any atom is 0.246 e. The number of benzene rings is 2. The number of amides is 2. The molecule has 1 fully saturated rings. The molecule has 2 amide bonds. The van der Waals surface area contributed by atoms with Crippen molar-refractivity contribution in [2.75, 3.05) is 30.2 Å². The van der Waals surface area contributed by atoms with Crippen LogP contribution < -0.4 is 25.4 Å². The van der Waals surface area contributed by atoms with E-state index >= 15 is 0 Å². The van der Waals surface area contributed by atoms with Crippen LogP contribution in [0.4, 0.5) is 17.1 Å². The van der Waals surface area contributed by atoms with Gasteiger partial charge in [0.05, 0.1) is 19.9 Å². The number of ether oxygens (including phenoxy) is 2. The average Bonchev–Trinajstić information content (AvgIpc) is 3.53. The zero-order valence-electron chi connectivity index (χ0n) is 16.2. The molecule has 0 bridgehead atoms. The van der Waals surface area contributed by atoms with Gasteiger partial charge in [-0.2, -0.15) is 0 Å². The van der Waals surface area contributed by atoms with E-state index in [2.05, 4.69) is 16.0 Å². The Morgan fingerprint density at radius 2 is 1.75 bits per heavy atom. The number of methoxy groups -OCH3 is 2. The lowest BCUT2D eigenvalue weighted by Crippen LogP contribution is -2.32. The molecule has 7 heteroatoms. The Labute approximate surface area is 164 Å². The van der Waals surface area contributed by atoms with Gasteiger partial charge >= 0.3 is 0 Å². The van der Waals surface area contributed by atoms with Crippen molar-refractivity contribution < 1.29 is 19.1 Å². The first-order valence-electron chi connectivity index (χ1n) is 9.20. The standard InChI is InChI=1S/C21H25N3O4/c1-13(20(25)24-18-12-17(27-2)9-10-19(18)28-3)22-15-5-4-6-16(11-15)23-21(26)14-7-8-14/h4-6,9-14,22H,7-8H2,1-3H3,(H,23,26)(H,24,25). The van der Waals surface area contributed by atoms with E-state index in [1.807, 2.05) is 24.3 Å². The van der Waals surface area contributed by atoms with Crippen molar-refractivity contribution in [2.24, 2.45) is 5.92 Å². The first-order valence-corrected chi connectivity index (χ1v) is 9.20. The SMILES string of the molecule is COc1ccc(OC)c(NC(=O)C(C)Nc2cccc(NC(=O)C3CC3)c2)c1. The number of hydrogen-bond acceptors (Lipinski definition) is 5. The smallest absolute Gasteiger partial charge is 0.246 e. The molecule has 0 saturated heterocycles. The molecule has 0 radical (unpaired) electrons. The molecule has 0 heterocycles. The van der Waals surface area contributed by atoms with E-state index in [9.17, 15) is 9.59 Å². The minimum absolute atomic E-state index is 0.0491. The van der Waals surface area contributed by atoms with Crippen molar-refractivity contribution in [3.05, 3.63) is 42.5 Å². The van der Waals surface area contributed by atoms with Crippen LogP contribution in [0.1, 0.15) is 19.8 Å². The molecule has 7 nitrogen and oxygen atoms in total. The lowest BCUT2D eigenvalue weighted by Gasteiger charge is -2.17. The molecule has 28 heavy (non-hydrogen) atoms. The minimum Gasteiger partial charge on any atom is -0.497 e. The molecule has 1 unspecified atom stereocenters. The number of hydrogen-bond donors (Lipinski definition) is 3. The highest BCUT2D eigenvalue weighted by molar-refractivity contribution is 5.98. The maximum atomic E-state index is 12.6. The van der Waals surface area contributed by atoms with Crippen LogP contribution in [0, 0.1) is 5.92 Å². The van der Waals surface area contributed by atoms with Gasteiger partial charge in [0.2, 0.25) is 11.8 Å². The van der Waals surface area contributed by atoms with Gasteiger partial charge < -0.3 is 25.4 Å². The Hall–Kier alpha value is -3.22. The zero-order valence-corrected chi connectivity index (χ0v) is 16.2. The quantitative estimate of drug-likeness (QED) is 0.649. The van der Waals surface area contributed by atoms with Gasteiger partial charge in [0, 0.05) is 23.4 Å². The molecule has 2 aromatic carbocycles. The van der Waals surface area contributed by atoms with Crippen LogP contribution in [0.2, 0.25) is 0 Å². The predicted octanol–water partition coefficient (Wildman–Crippen LogP) is 3.49. The largest absolute Gasteiger partial charge is 0.497 e. The summed E-state index contributed by atoms with van der Waals surface area (Å²) in [5, 5.41) is 8.91. The molecule has 1 aliphatic rings. The van der Waals surface area contributed by atoms with Crippen LogP contribution in [0.15, 0.2) is 42.5 Å². The molecule has 3 rings (SSSR count). The lowest BCUT2D eigenvalue weighted by atomic mass is 10.2. The third-order valence-electron chi connectivity index (χ3n) is 4.52. The monoisotopic (exact) mass is 383 g/mol. The molecular weight excluding hydrogens is 358 g/mol.